The Morgan fingerprint density at radius 3 is 1.52 bits per heavy atom. The zero-order chi connectivity index (χ0) is 18.9. The van der Waals surface area contributed by atoms with Gasteiger partial charge in [-0.15, -0.1) is 0 Å². The highest BCUT2D eigenvalue weighted by Crippen LogP contribution is 2.69. The second kappa shape index (κ2) is 5.24. The van der Waals surface area contributed by atoms with Crippen LogP contribution in [0.25, 0.3) is 0 Å². The van der Waals surface area contributed by atoms with Crippen molar-refractivity contribution in [2.24, 2.45) is 5.92 Å². The molecule has 1 aliphatic rings. The molecule has 0 bridgehead atoms. The molecule has 0 aromatic carbocycles. The van der Waals surface area contributed by atoms with Crippen LogP contribution in [0.2, 0.25) is 0 Å². The summed E-state index contributed by atoms with van der Waals surface area (Å²) in [6.45, 7) is 1.22. The van der Waals surface area contributed by atoms with Gasteiger partial charge in [-0.05, 0) is 6.92 Å². The lowest BCUT2D eigenvalue weighted by atomic mass is 9.77. The van der Waals surface area contributed by atoms with Crippen molar-refractivity contribution < 1.29 is 48.6 Å². The summed E-state index contributed by atoms with van der Waals surface area (Å²) in [5, 5.41) is 0. The standard InChI is InChI=1S/C11H11F10IO/c1-4(2)6(12,13)8(16)9(17,18)11(20,21)23-10(8,19)7(14,15)5(3)22/h4-5H,1-3H3. The monoisotopic (exact) mass is 476 g/mol. The first-order chi connectivity index (χ1) is 9.84. The molecule has 0 aliphatic carbocycles. The maximum atomic E-state index is 14.6. The molecule has 0 spiro atoms. The van der Waals surface area contributed by atoms with Gasteiger partial charge in [-0.3, -0.25) is 4.74 Å². The molecule has 1 saturated heterocycles. The van der Waals surface area contributed by atoms with E-state index < -0.39 is 45.2 Å². The van der Waals surface area contributed by atoms with E-state index in [4.69, 9.17) is 0 Å². The lowest BCUT2D eigenvalue weighted by molar-refractivity contribution is -0.377. The van der Waals surface area contributed by atoms with E-state index in [1.165, 1.54) is 0 Å². The highest BCUT2D eigenvalue weighted by molar-refractivity contribution is 14.1. The van der Waals surface area contributed by atoms with E-state index in [-0.39, 0.29) is 0 Å². The van der Waals surface area contributed by atoms with E-state index in [0.29, 0.717) is 43.4 Å². The summed E-state index contributed by atoms with van der Waals surface area (Å²) < 4.78 is 138. The topological polar surface area (TPSA) is 9.23 Å². The van der Waals surface area contributed by atoms with Crippen molar-refractivity contribution in [3.8, 4) is 0 Å². The van der Waals surface area contributed by atoms with Crippen molar-refractivity contribution in [3.63, 3.8) is 0 Å². The smallest absolute Gasteiger partial charge is 0.269 e. The van der Waals surface area contributed by atoms with Gasteiger partial charge in [-0.25, -0.2) is 17.6 Å². The average Bonchev–Trinajstić information content (AvgIpc) is 2.45. The fraction of sp³-hybridized carbons (Fsp3) is 1.00. The number of alkyl halides is 11. The van der Waals surface area contributed by atoms with E-state index in [9.17, 15) is 43.9 Å². The van der Waals surface area contributed by atoms with Gasteiger partial charge in [0.1, 0.15) is 0 Å². The summed E-state index contributed by atoms with van der Waals surface area (Å²) in [5.74, 6) is -26.0. The number of ether oxygens (including phenoxy) is 1. The summed E-state index contributed by atoms with van der Waals surface area (Å²) in [6, 6.07) is 0. The molecule has 1 heterocycles. The first kappa shape index (κ1) is 21.0. The van der Waals surface area contributed by atoms with Gasteiger partial charge in [-0.1, -0.05) is 36.4 Å². The summed E-state index contributed by atoms with van der Waals surface area (Å²) in [6.07, 6.45) is -6.20. The molecule has 1 rings (SSSR count). The van der Waals surface area contributed by atoms with Gasteiger partial charge in [0.2, 0.25) is 0 Å². The second-order valence-electron chi connectivity index (χ2n) is 5.46. The third-order valence-electron chi connectivity index (χ3n) is 3.62. The third-order valence-corrected chi connectivity index (χ3v) is 4.41. The SMILES string of the molecule is CC(I)C(F)(F)C1(F)OC(F)(F)C(F)(F)C1(F)C(F)(F)C(C)C. The molecule has 1 fully saturated rings. The molecule has 138 valence electrons. The predicted molar refractivity (Wildman–Crippen MR) is 66.9 cm³/mol. The highest BCUT2D eigenvalue weighted by Gasteiger charge is 2.99. The molecule has 0 aromatic rings. The van der Waals surface area contributed by atoms with Crippen molar-refractivity contribution in [3.05, 3.63) is 0 Å². The van der Waals surface area contributed by atoms with Crippen molar-refractivity contribution in [2.45, 2.75) is 60.1 Å². The highest BCUT2D eigenvalue weighted by atomic mass is 127. The summed E-state index contributed by atoms with van der Waals surface area (Å²) in [4.78, 5) is 0. The fourth-order valence-corrected chi connectivity index (χ4v) is 2.49. The molecule has 0 aromatic heterocycles. The van der Waals surface area contributed by atoms with Crippen molar-refractivity contribution in [1.82, 2.24) is 0 Å². The van der Waals surface area contributed by atoms with Gasteiger partial charge < -0.3 is 0 Å². The molecule has 12 heteroatoms. The van der Waals surface area contributed by atoms with Crippen LogP contribution in [0.3, 0.4) is 0 Å². The summed E-state index contributed by atoms with van der Waals surface area (Å²) in [7, 11) is 0. The van der Waals surface area contributed by atoms with Crippen molar-refractivity contribution in [2.75, 3.05) is 0 Å². The molecule has 1 nitrogen and oxygen atoms in total. The largest absolute Gasteiger partial charge is 0.426 e. The van der Waals surface area contributed by atoms with Gasteiger partial charge in [0.05, 0.1) is 3.92 Å². The quantitative estimate of drug-likeness (QED) is 0.302. The maximum Gasteiger partial charge on any atom is 0.426 e. The minimum absolute atomic E-state index is 0.389. The van der Waals surface area contributed by atoms with Crippen molar-refractivity contribution >= 4 is 22.6 Å². The zero-order valence-electron chi connectivity index (χ0n) is 11.7. The number of rotatable bonds is 4. The lowest BCUT2D eigenvalue weighted by Crippen LogP contribution is -2.73. The van der Waals surface area contributed by atoms with Crippen LogP contribution in [0.1, 0.15) is 20.8 Å². The van der Waals surface area contributed by atoms with E-state index in [1.807, 2.05) is 0 Å². The Morgan fingerprint density at radius 1 is 0.826 bits per heavy atom. The normalized spacial score (nSPS) is 35.6. The first-order valence-electron chi connectivity index (χ1n) is 6.08. The van der Waals surface area contributed by atoms with E-state index in [1.54, 1.807) is 0 Å². The Labute approximate surface area is 137 Å². The molecule has 23 heavy (non-hydrogen) atoms. The Bertz CT molecular complexity index is 479. The van der Waals surface area contributed by atoms with Crippen LogP contribution < -0.4 is 0 Å². The maximum absolute atomic E-state index is 14.6. The van der Waals surface area contributed by atoms with E-state index in [2.05, 4.69) is 4.74 Å². The number of halogens is 11. The minimum atomic E-state index is -6.54. The molecule has 0 N–H and O–H groups in total. The number of hydrogen-bond donors (Lipinski definition) is 0. The van der Waals surface area contributed by atoms with Crippen LogP contribution >= 0.6 is 22.6 Å². The lowest BCUT2D eigenvalue weighted by Gasteiger charge is -2.43. The van der Waals surface area contributed by atoms with Gasteiger partial charge in [0.15, 0.2) is 0 Å². The van der Waals surface area contributed by atoms with E-state index >= 15 is 0 Å². The molecule has 0 amide bonds. The Morgan fingerprint density at radius 2 is 1.22 bits per heavy atom. The Balaban J connectivity index is 3.84. The molecule has 1 aliphatic heterocycles. The third kappa shape index (κ3) is 2.21. The molecule has 3 atom stereocenters. The first-order valence-corrected chi connectivity index (χ1v) is 7.32. The second-order valence-corrected chi connectivity index (χ2v) is 7.33. The van der Waals surface area contributed by atoms with E-state index in [0.717, 1.165) is 0 Å². The van der Waals surface area contributed by atoms with Gasteiger partial charge in [-0.2, -0.15) is 26.3 Å². The Kier molecular flexibility index (Phi) is 4.79. The predicted octanol–water partition coefficient (Wildman–Crippen LogP) is 5.37. The minimum Gasteiger partial charge on any atom is -0.269 e. The van der Waals surface area contributed by atoms with Crippen LogP contribution in [0.5, 0.6) is 0 Å². The molecular formula is C11H11F10IO. The summed E-state index contributed by atoms with van der Waals surface area (Å²) >= 11 is 0.699. The zero-order valence-corrected chi connectivity index (χ0v) is 13.9. The number of hydrogen-bond acceptors (Lipinski definition) is 1. The van der Waals surface area contributed by atoms with Gasteiger partial charge in [0.25, 0.3) is 5.92 Å². The van der Waals surface area contributed by atoms with Crippen LogP contribution in [0.15, 0.2) is 0 Å². The van der Waals surface area contributed by atoms with Crippen LogP contribution in [-0.2, 0) is 4.74 Å². The van der Waals surface area contributed by atoms with Crippen LogP contribution in [0.4, 0.5) is 43.9 Å². The van der Waals surface area contributed by atoms with Crippen LogP contribution in [-0.4, -0.2) is 39.3 Å². The molecular weight excluding hydrogens is 465 g/mol. The molecule has 0 saturated carbocycles. The Hall–Kier alpha value is -0.0100. The molecule has 0 radical (unpaired) electrons. The average molecular weight is 476 g/mol. The fourth-order valence-electron chi connectivity index (χ4n) is 2.09. The summed E-state index contributed by atoms with van der Waals surface area (Å²) in [5.41, 5.74) is -6.30. The van der Waals surface area contributed by atoms with Crippen molar-refractivity contribution in [1.29, 1.82) is 0 Å². The van der Waals surface area contributed by atoms with Gasteiger partial charge in [0, 0.05) is 5.92 Å². The molecule has 3 unspecified atom stereocenters. The van der Waals surface area contributed by atoms with Crippen LogP contribution in [0, 0.1) is 5.92 Å². The van der Waals surface area contributed by atoms with Gasteiger partial charge >= 0.3 is 29.5 Å².